The second kappa shape index (κ2) is 7.48. The number of hydrogen-bond donors (Lipinski definition) is 1. The van der Waals surface area contributed by atoms with Gasteiger partial charge < -0.3 is 19.1 Å². The molecule has 2 aromatic heterocycles. The minimum atomic E-state index is -0.147. The molecule has 0 aliphatic carbocycles. The number of hydrogen-bond acceptors (Lipinski definition) is 6. The van der Waals surface area contributed by atoms with E-state index in [1.54, 1.807) is 6.92 Å². The fourth-order valence-electron chi connectivity index (χ4n) is 3.76. The number of carbonyl (C=O) groups excluding carboxylic acids is 1. The highest BCUT2D eigenvalue weighted by atomic mass is 16.5. The van der Waals surface area contributed by atoms with Gasteiger partial charge in [0.05, 0.1) is 11.0 Å². The van der Waals surface area contributed by atoms with Crippen molar-refractivity contribution in [3.63, 3.8) is 0 Å². The van der Waals surface area contributed by atoms with Crippen LogP contribution in [0.4, 0.5) is 0 Å². The molecule has 1 aromatic carbocycles. The normalized spacial score (nSPS) is 17.6. The fourth-order valence-corrected chi connectivity index (χ4v) is 3.76. The van der Waals surface area contributed by atoms with Gasteiger partial charge in [-0.2, -0.15) is 4.98 Å². The minimum absolute atomic E-state index is 0.0987. The predicted molar refractivity (Wildman–Crippen MR) is 97.9 cm³/mol. The lowest BCUT2D eigenvalue weighted by molar-refractivity contribution is -0.132. The molecule has 1 amide bonds. The number of aryl methyl sites for hydroxylation is 2. The van der Waals surface area contributed by atoms with Gasteiger partial charge in [-0.15, -0.1) is 0 Å². The molecule has 1 fully saturated rings. The molecule has 8 heteroatoms. The van der Waals surface area contributed by atoms with E-state index < -0.39 is 0 Å². The number of imidazole rings is 1. The van der Waals surface area contributed by atoms with Crippen molar-refractivity contribution in [2.45, 2.75) is 45.3 Å². The largest absolute Gasteiger partial charge is 0.388 e. The van der Waals surface area contributed by atoms with E-state index in [1.807, 2.05) is 33.7 Å². The highest BCUT2D eigenvalue weighted by molar-refractivity contribution is 5.78. The van der Waals surface area contributed by atoms with Crippen molar-refractivity contribution in [3.05, 3.63) is 41.8 Å². The molecule has 0 bridgehead atoms. The van der Waals surface area contributed by atoms with Crippen molar-refractivity contribution in [2.75, 3.05) is 13.1 Å². The first-order valence-electron chi connectivity index (χ1n) is 9.28. The molecule has 1 aliphatic rings. The molecule has 1 atom stereocenters. The van der Waals surface area contributed by atoms with Crippen LogP contribution in [0.1, 0.15) is 42.7 Å². The third kappa shape index (κ3) is 3.57. The summed E-state index contributed by atoms with van der Waals surface area (Å²) in [5.74, 6) is 2.05. The molecule has 0 saturated carbocycles. The molecule has 1 N–H and O–H groups in total. The Bertz CT molecular complexity index is 948. The Hall–Kier alpha value is -2.74. The molecular formula is C19H23N5O3. The maximum Gasteiger partial charge on any atom is 0.224 e. The van der Waals surface area contributed by atoms with Crippen LogP contribution in [0.5, 0.6) is 0 Å². The van der Waals surface area contributed by atoms with E-state index in [-0.39, 0.29) is 18.4 Å². The molecule has 8 nitrogen and oxygen atoms in total. The van der Waals surface area contributed by atoms with Crippen LogP contribution in [0, 0.1) is 6.92 Å². The number of likely N-dealkylation sites (tertiary alicyclic amines) is 1. The van der Waals surface area contributed by atoms with Gasteiger partial charge in [0.25, 0.3) is 0 Å². The summed E-state index contributed by atoms with van der Waals surface area (Å²) in [5, 5.41) is 13.6. The van der Waals surface area contributed by atoms with Crippen LogP contribution in [-0.2, 0) is 17.9 Å². The van der Waals surface area contributed by atoms with Gasteiger partial charge in [-0.1, -0.05) is 17.3 Å². The van der Waals surface area contributed by atoms with E-state index >= 15 is 0 Å². The van der Waals surface area contributed by atoms with E-state index in [2.05, 4.69) is 15.1 Å². The molecule has 3 aromatic rings. The van der Waals surface area contributed by atoms with Crippen LogP contribution in [-0.4, -0.2) is 48.7 Å². The van der Waals surface area contributed by atoms with Gasteiger partial charge in [-0.3, -0.25) is 4.79 Å². The SMILES string of the molecule is Cc1nc([C@H]2CCCN(C(=O)CCn3c(CO)nc4ccccc43)C2)no1. The van der Waals surface area contributed by atoms with E-state index in [9.17, 15) is 9.90 Å². The average Bonchev–Trinajstić information content (AvgIpc) is 3.29. The fraction of sp³-hybridized carbons (Fsp3) is 0.474. The van der Waals surface area contributed by atoms with Gasteiger partial charge in [0.15, 0.2) is 5.82 Å². The number of amides is 1. The van der Waals surface area contributed by atoms with E-state index in [0.29, 0.717) is 37.0 Å². The molecule has 1 aliphatic heterocycles. The minimum Gasteiger partial charge on any atom is -0.388 e. The van der Waals surface area contributed by atoms with Gasteiger partial charge >= 0.3 is 0 Å². The molecule has 0 radical (unpaired) electrons. The van der Waals surface area contributed by atoms with Gasteiger partial charge in [-0.05, 0) is 25.0 Å². The van der Waals surface area contributed by atoms with Crippen molar-refractivity contribution >= 4 is 16.9 Å². The van der Waals surface area contributed by atoms with Crippen molar-refractivity contribution in [1.29, 1.82) is 0 Å². The lowest BCUT2D eigenvalue weighted by Crippen LogP contribution is -2.39. The third-order valence-electron chi connectivity index (χ3n) is 5.11. The van der Waals surface area contributed by atoms with Crippen molar-refractivity contribution < 1.29 is 14.4 Å². The number of fused-ring (bicyclic) bond motifs is 1. The summed E-state index contributed by atoms with van der Waals surface area (Å²) < 4.78 is 7.01. The highest BCUT2D eigenvalue weighted by Gasteiger charge is 2.27. The van der Waals surface area contributed by atoms with E-state index in [1.165, 1.54) is 0 Å². The highest BCUT2D eigenvalue weighted by Crippen LogP contribution is 2.25. The maximum atomic E-state index is 12.8. The van der Waals surface area contributed by atoms with Crippen LogP contribution >= 0.6 is 0 Å². The second-order valence-electron chi connectivity index (χ2n) is 6.93. The van der Waals surface area contributed by atoms with Gasteiger partial charge in [0.2, 0.25) is 11.8 Å². The van der Waals surface area contributed by atoms with Gasteiger partial charge in [-0.25, -0.2) is 4.98 Å². The Morgan fingerprint density at radius 2 is 2.19 bits per heavy atom. The summed E-state index contributed by atoms with van der Waals surface area (Å²) in [6.45, 7) is 3.50. The second-order valence-corrected chi connectivity index (χ2v) is 6.93. The lowest BCUT2D eigenvalue weighted by Gasteiger charge is -2.31. The van der Waals surface area contributed by atoms with Gasteiger partial charge in [0.1, 0.15) is 12.4 Å². The molecule has 3 heterocycles. The average molecular weight is 369 g/mol. The summed E-state index contributed by atoms with van der Waals surface area (Å²) in [4.78, 5) is 23.4. The first-order valence-corrected chi connectivity index (χ1v) is 9.28. The Kier molecular flexibility index (Phi) is 4.89. The number of rotatable bonds is 5. The molecule has 142 valence electrons. The van der Waals surface area contributed by atoms with Crippen LogP contribution < -0.4 is 0 Å². The van der Waals surface area contributed by atoms with Crippen LogP contribution in [0.15, 0.2) is 28.8 Å². The zero-order valence-electron chi connectivity index (χ0n) is 15.3. The van der Waals surface area contributed by atoms with Crippen molar-refractivity contribution in [3.8, 4) is 0 Å². The number of carbonyl (C=O) groups is 1. The summed E-state index contributed by atoms with van der Waals surface area (Å²) >= 11 is 0. The topological polar surface area (TPSA) is 97.3 Å². The molecule has 4 rings (SSSR count). The maximum absolute atomic E-state index is 12.8. The summed E-state index contributed by atoms with van der Waals surface area (Å²) in [6, 6.07) is 7.72. The van der Waals surface area contributed by atoms with E-state index in [0.717, 1.165) is 30.4 Å². The number of aromatic nitrogens is 4. The number of aliphatic hydroxyl groups excluding tert-OH is 1. The van der Waals surface area contributed by atoms with E-state index in [4.69, 9.17) is 4.52 Å². The summed E-state index contributed by atoms with van der Waals surface area (Å²) in [7, 11) is 0. The van der Waals surface area contributed by atoms with Crippen LogP contribution in [0.3, 0.4) is 0 Å². The number of piperidine rings is 1. The molecule has 0 unspecified atom stereocenters. The first-order chi connectivity index (χ1) is 13.2. The standard InChI is InChI=1S/C19H23N5O3/c1-13-20-19(22-27-13)14-5-4-9-23(11-14)18(26)8-10-24-16-7-3-2-6-15(16)21-17(24)12-25/h2-3,6-7,14,25H,4-5,8-12H2,1H3/t14-/m0/s1. The number of aliphatic hydroxyl groups is 1. The number of benzene rings is 1. The monoisotopic (exact) mass is 369 g/mol. The summed E-state index contributed by atoms with van der Waals surface area (Å²) in [5.41, 5.74) is 1.77. The van der Waals surface area contributed by atoms with Crippen molar-refractivity contribution in [1.82, 2.24) is 24.6 Å². The first kappa shape index (κ1) is 17.7. The molecule has 27 heavy (non-hydrogen) atoms. The Balaban J connectivity index is 1.43. The molecule has 1 saturated heterocycles. The van der Waals surface area contributed by atoms with Gasteiger partial charge in [0, 0.05) is 38.9 Å². The number of nitrogens with zero attached hydrogens (tertiary/aromatic N) is 5. The molecule has 0 spiro atoms. The predicted octanol–water partition coefficient (Wildman–Crippen LogP) is 2.02. The zero-order chi connectivity index (χ0) is 18.8. The van der Waals surface area contributed by atoms with Crippen molar-refractivity contribution in [2.24, 2.45) is 0 Å². The Morgan fingerprint density at radius 1 is 1.33 bits per heavy atom. The molecular weight excluding hydrogens is 346 g/mol. The summed E-state index contributed by atoms with van der Waals surface area (Å²) in [6.07, 6.45) is 2.26. The zero-order valence-corrected chi connectivity index (χ0v) is 15.3. The third-order valence-corrected chi connectivity index (χ3v) is 5.11. The number of para-hydroxylation sites is 2. The van der Waals surface area contributed by atoms with Crippen LogP contribution in [0.25, 0.3) is 11.0 Å². The van der Waals surface area contributed by atoms with Crippen LogP contribution in [0.2, 0.25) is 0 Å². The smallest absolute Gasteiger partial charge is 0.224 e. The lowest BCUT2D eigenvalue weighted by atomic mass is 9.97. The quantitative estimate of drug-likeness (QED) is 0.739. The Labute approximate surface area is 156 Å². The Morgan fingerprint density at radius 3 is 2.96 bits per heavy atom.